The van der Waals surface area contributed by atoms with Crippen LogP contribution in [0, 0.1) is 0 Å². The molecular weight excluding hydrogens is 541 g/mol. The van der Waals surface area contributed by atoms with Crippen molar-refractivity contribution in [3.8, 4) is 22.6 Å². The zero-order chi connectivity index (χ0) is 28.2. The summed E-state index contributed by atoms with van der Waals surface area (Å²) < 4.78 is 13.6. The van der Waals surface area contributed by atoms with Gasteiger partial charge in [-0.05, 0) is 80.5 Å². The second-order valence-electron chi connectivity index (χ2n) is 10.4. The minimum absolute atomic E-state index is 0.914. The Morgan fingerprint density at radius 2 is 0.902 bits per heavy atom. The van der Waals surface area contributed by atoms with Gasteiger partial charge >= 0.3 is 0 Å². The Morgan fingerprint density at radius 1 is 0.512 bits per heavy atom. The van der Waals surface area contributed by atoms with Gasteiger partial charge in [-0.3, -0.25) is 0 Å². The highest BCUT2D eigenvalue weighted by molar-refractivity contribution is 8.28. The Hall–Kier alpha value is -3.86. The lowest BCUT2D eigenvalue weighted by atomic mass is 9.85. The highest BCUT2D eigenvalue weighted by Crippen LogP contribution is 2.53. The molecule has 6 aromatic rings. The molecule has 0 amide bonds. The summed E-state index contributed by atoms with van der Waals surface area (Å²) in [7, 11) is 3.56. The van der Waals surface area contributed by atoms with Crippen molar-refractivity contribution in [2.45, 2.75) is 20.8 Å². The molecule has 0 spiro atoms. The van der Waals surface area contributed by atoms with Crippen LogP contribution in [0.25, 0.3) is 59.8 Å². The SMILES string of the molecule is COc1c2ccccc2c(-c2c3ccccc3c(OC)c3cc(C(C)=C4SC(C)=C(C)S4)ccc23)c2ccccc12. The highest BCUT2D eigenvalue weighted by atomic mass is 32.2. The summed E-state index contributed by atoms with van der Waals surface area (Å²) in [5.41, 5.74) is 4.97. The van der Waals surface area contributed by atoms with E-state index in [1.165, 1.54) is 57.9 Å². The van der Waals surface area contributed by atoms with Gasteiger partial charge in [-0.25, -0.2) is 0 Å². The van der Waals surface area contributed by atoms with Gasteiger partial charge in [0.05, 0.1) is 18.5 Å². The molecule has 41 heavy (non-hydrogen) atoms. The van der Waals surface area contributed by atoms with E-state index in [9.17, 15) is 0 Å². The minimum Gasteiger partial charge on any atom is -0.495 e. The predicted molar refractivity (Wildman–Crippen MR) is 181 cm³/mol. The van der Waals surface area contributed by atoms with Gasteiger partial charge in [-0.15, -0.1) is 0 Å². The molecule has 1 aliphatic rings. The average molecular weight is 571 g/mol. The van der Waals surface area contributed by atoms with Crippen LogP contribution in [0.3, 0.4) is 0 Å². The van der Waals surface area contributed by atoms with E-state index in [1.807, 2.05) is 23.5 Å². The Bertz CT molecular complexity index is 2030. The second-order valence-corrected chi connectivity index (χ2v) is 13.2. The normalized spacial score (nSPS) is 13.6. The maximum Gasteiger partial charge on any atom is 0.134 e. The van der Waals surface area contributed by atoms with Gasteiger partial charge in [0.15, 0.2) is 0 Å². The first kappa shape index (κ1) is 26.1. The van der Waals surface area contributed by atoms with Gasteiger partial charge in [0.2, 0.25) is 0 Å². The Labute approximate surface area is 249 Å². The summed E-state index contributed by atoms with van der Waals surface area (Å²) in [6.45, 7) is 6.65. The zero-order valence-electron chi connectivity index (χ0n) is 23.8. The van der Waals surface area contributed by atoms with Gasteiger partial charge in [0.1, 0.15) is 11.5 Å². The molecular formula is C37H30O2S2. The van der Waals surface area contributed by atoms with E-state index in [0.717, 1.165) is 33.0 Å². The summed E-state index contributed by atoms with van der Waals surface area (Å²) in [4.78, 5) is 2.77. The van der Waals surface area contributed by atoms with Crippen LogP contribution in [0.5, 0.6) is 11.5 Å². The van der Waals surface area contributed by atoms with Crippen LogP contribution in [-0.4, -0.2) is 14.2 Å². The van der Waals surface area contributed by atoms with Crippen molar-refractivity contribution in [2.24, 2.45) is 0 Å². The fourth-order valence-electron chi connectivity index (χ4n) is 6.15. The molecule has 0 atom stereocenters. The number of rotatable bonds is 4. The summed E-state index contributed by atoms with van der Waals surface area (Å²) in [6.07, 6.45) is 0. The molecule has 0 N–H and O–H groups in total. The molecule has 0 aliphatic carbocycles. The lowest BCUT2D eigenvalue weighted by Gasteiger charge is -2.21. The zero-order valence-corrected chi connectivity index (χ0v) is 25.4. The molecule has 202 valence electrons. The van der Waals surface area contributed by atoms with Crippen molar-refractivity contribution in [3.63, 3.8) is 0 Å². The number of thioether (sulfide) groups is 2. The molecule has 0 unspecified atom stereocenters. The van der Waals surface area contributed by atoms with Crippen molar-refractivity contribution in [1.29, 1.82) is 0 Å². The summed E-state index contributed by atoms with van der Waals surface area (Å²) in [5, 5.41) is 9.18. The number of hydrogen-bond donors (Lipinski definition) is 0. The number of fused-ring (bicyclic) bond motifs is 4. The molecule has 1 heterocycles. The summed E-state index contributed by atoms with van der Waals surface area (Å²) in [6, 6.07) is 32.7. The largest absolute Gasteiger partial charge is 0.495 e. The molecule has 0 saturated carbocycles. The van der Waals surface area contributed by atoms with E-state index >= 15 is 0 Å². The average Bonchev–Trinajstić information content (AvgIpc) is 3.35. The van der Waals surface area contributed by atoms with Gasteiger partial charge in [0, 0.05) is 21.5 Å². The number of benzene rings is 6. The first-order valence-corrected chi connectivity index (χ1v) is 15.4. The number of hydrogen-bond acceptors (Lipinski definition) is 4. The monoisotopic (exact) mass is 570 g/mol. The third-order valence-corrected chi connectivity index (χ3v) is 11.1. The standard InChI is InChI=1S/C37H30O2S2/c1-21(37-40-22(2)23(3)41-37)24-18-19-28-32(20-24)36(39-5)31-17-11-8-14-27(31)34(28)33-25-12-6-9-15-29(25)35(38-4)30-16-10-7-13-26(30)33/h6-20H,1-5H3. The van der Waals surface area contributed by atoms with Crippen LogP contribution in [0.15, 0.2) is 105 Å². The maximum absolute atomic E-state index is 6.18. The van der Waals surface area contributed by atoms with Crippen molar-refractivity contribution >= 4 is 72.2 Å². The maximum atomic E-state index is 6.18. The van der Waals surface area contributed by atoms with Crippen molar-refractivity contribution in [3.05, 3.63) is 111 Å². The Balaban J connectivity index is 1.64. The van der Waals surface area contributed by atoms with Crippen molar-refractivity contribution in [1.82, 2.24) is 0 Å². The van der Waals surface area contributed by atoms with Gasteiger partial charge in [0.25, 0.3) is 0 Å². The Kier molecular flexibility index (Phi) is 6.49. The van der Waals surface area contributed by atoms with E-state index in [1.54, 1.807) is 14.2 Å². The van der Waals surface area contributed by atoms with Gasteiger partial charge in [-0.2, -0.15) is 0 Å². The molecule has 0 bridgehead atoms. The smallest absolute Gasteiger partial charge is 0.134 e. The van der Waals surface area contributed by atoms with Crippen LogP contribution in [0.4, 0.5) is 0 Å². The van der Waals surface area contributed by atoms with E-state index < -0.39 is 0 Å². The van der Waals surface area contributed by atoms with Crippen molar-refractivity contribution < 1.29 is 9.47 Å². The number of methoxy groups -OCH3 is 2. The molecule has 0 aromatic heterocycles. The predicted octanol–water partition coefficient (Wildman–Crippen LogP) is 11.4. The summed E-state index contributed by atoms with van der Waals surface area (Å²) >= 11 is 3.76. The highest BCUT2D eigenvalue weighted by Gasteiger charge is 2.23. The van der Waals surface area contributed by atoms with Crippen LogP contribution in [0.2, 0.25) is 0 Å². The van der Waals surface area contributed by atoms with E-state index in [4.69, 9.17) is 9.47 Å². The number of allylic oxidation sites excluding steroid dienone is 3. The van der Waals surface area contributed by atoms with E-state index in [-0.39, 0.29) is 0 Å². The third kappa shape index (κ3) is 4.04. The molecule has 6 aromatic carbocycles. The van der Waals surface area contributed by atoms with Crippen molar-refractivity contribution in [2.75, 3.05) is 14.2 Å². The van der Waals surface area contributed by atoms with Crippen LogP contribution < -0.4 is 9.47 Å². The molecule has 4 heteroatoms. The minimum atomic E-state index is 0.914. The molecule has 1 aliphatic heterocycles. The van der Waals surface area contributed by atoms with Crippen LogP contribution in [-0.2, 0) is 0 Å². The Morgan fingerprint density at radius 3 is 1.34 bits per heavy atom. The quantitative estimate of drug-likeness (QED) is 0.196. The third-order valence-electron chi connectivity index (χ3n) is 8.24. The molecule has 0 saturated heterocycles. The molecule has 0 fully saturated rings. The summed E-state index contributed by atoms with van der Waals surface area (Å²) in [5.74, 6) is 1.83. The molecule has 7 rings (SSSR count). The first-order valence-electron chi connectivity index (χ1n) is 13.8. The topological polar surface area (TPSA) is 18.5 Å². The lowest BCUT2D eigenvalue weighted by molar-refractivity contribution is 0.424. The fraction of sp³-hybridized carbons (Fsp3) is 0.135. The molecule has 0 radical (unpaired) electrons. The fourth-order valence-corrected chi connectivity index (χ4v) is 8.71. The first-order chi connectivity index (χ1) is 20.0. The van der Waals surface area contributed by atoms with Crippen LogP contribution >= 0.6 is 23.5 Å². The van der Waals surface area contributed by atoms with E-state index in [0.29, 0.717) is 0 Å². The van der Waals surface area contributed by atoms with Gasteiger partial charge in [-0.1, -0.05) is 108 Å². The lowest BCUT2D eigenvalue weighted by Crippen LogP contribution is -1.96. The van der Waals surface area contributed by atoms with Crippen LogP contribution in [0.1, 0.15) is 26.3 Å². The molecule has 2 nitrogen and oxygen atoms in total. The second kappa shape index (κ2) is 10.2. The van der Waals surface area contributed by atoms with E-state index in [2.05, 4.69) is 112 Å². The number of ether oxygens (including phenoxy) is 2. The van der Waals surface area contributed by atoms with Gasteiger partial charge < -0.3 is 9.47 Å².